The summed E-state index contributed by atoms with van der Waals surface area (Å²) >= 11 is 0. The van der Waals surface area contributed by atoms with E-state index in [9.17, 15) is 18.4 Å². The first-order chi connectivity index (χ1) is 13.9. The molecule has 0 aromatic heterocycles. The molecular formula is C22H24F2N2O3. The van der Waals surface area contributed by atoms with Crippen LogP contribution in [0.25, 0.3) is 0 Å². The topological polar surface area (TPSA) is 58.6 Å². The normalized spacial score (nSPS) is 17.7. The molecule has 5 nitrogen and oxygen atoms in total. The number of carbonyl (C=O) groups excluding carboxylic acids is 2. The molecule has 1 heterocycles. The number of methoxy groups -OCH3 is 1. The van der Waals surface area contributed by atoms with Crippen LogP contribution in [0.15, 0.2) is 42.5 Å². The van der Waals surface area contributed by atoms with Crippen molar-refractivity contribution in [3.05, 3.63) is 70.8 Å². The number of amides is 1. The summed E-state index contributed by atoms with van der Waals surface area (Å²) < 4.78 is 31.3. The zero-order valence-electron chi connectivity index (χ0n) is 16.5. The van der Waals surface area contributed by atoms with Crippen LogP contribution in [0.4, 0.5) is 8.78 Å². The molecule has 7 heteroatoms. The van der Waals surface area contributed by atoms with Gasteiger partial charge in [-0.1, -0.05) is 18.2 Å². The van der Waals surface area contributed by atoms with Crippen molar-refractivity contribution in [2.24, 2.45) is 0 Å². The molecule has 0 spiro atoms. The molecule has 0 bridgehead atoms. The fourth-order valence-corrected chi connectivity index (χ4v) is 3.60. The zero-order chi connectivity index (χ0) is 21.0. The number of rotatable bonds is 6. The second-order valence-electron chi connectivity index (χ2n) is 7.22. The number of likely N-dealkylation sites (tertiary alicyclic amines) is 1. The number of hydrogen-bond donors (Lipinski definition) is 1. The lowest BCUT2D eigenvalue weighted by Crippen LogP contribution is -2.43. The number of esters is 1. The molecule has 1 saturated heterocycles. The summed E-state index contributed by atoms with van der Waals surface area (Å²) in [5.74, 6) is -2.27. The summed E-state index contributed by atoms with van der Waals surface area (Å²) in [7, 11) is 1.33. The van der Waals surface area contributed by atoms with Crippen LogP contribution in [-0.4, -0.2) is 36.5 Å². The maximum Gasteiger partial charge on any atom is 0.337 e. The fraction of sp³-hybridized carbons (Fsp3) is 0.364. The average molecular weight is 402 g/mol. The maximum absolute atomic E-state index is 13.5. The largest absolute Gasteiger partial charge is 0.465 e. The third-order valence-corrected chi connectivity index (χ3v) is 5.23. The predicted molar refractivity (Wildman–Crippen MR) is 104 cm³/mol. The highest BCUT2D eigenvalue weighted by molar-refractivity contribution is 5.89. The van der Waals surface area contributed by atoms with Crippen LogP contribution in [0.3, 0.4) is 0 Å². The van der Waals surface area contributed by atoms with E-state index in [0.717, 1.165) is 24.6 Å². The molecule has 2 aromatic carbocycles. The van der Waals surface area contributed by atoms with E-state index in [1.165, 1.54) is 19.2 Å². The van der Waals surface area contributed by atoms with Crippen molar-refractivity contribution in [2.45, 2.75) is 38.4 Å². The van der Waals surface area contributed by atoms with Gasteiger partial charge in [-0.2, -0.15) is 0 Å². The van der Waals surface area contributed by atoms with Gasteiger partial charge in [0.15, 0.2) is 11.6 Å². The minimum absolute atomic E-state index is 0.102. The van der Waals surface area contributed by atoms with Crippen LogP contribution in [0.2, 0.25) is 0 Å². The van der Waals surface area contributed by atoms with Crippen molar-refractivity contribution in [1.82, 2.24) is 10.2 Å². The van der Waals surface area contributed by atoms with E-state index in [1.54, 1.807) is 24.3 Å². The molecule has 0 radical (unpaired) electrons. The van der Waals surface area contributed by atoms with E-state index < -0.39 is 17.6 Å². The monoisotopic (exact) mass is 402 g/mol. The minimum atomic E-state index is -0.883. The van der Waals surface area contributed by atoms with Crippen molar-refractivity contribution in [3.63, 3.8) is 0 Å². The summed E-state index contributed by atoms with van der Waals surface area (Å²) in [6.07, 6.45) is 1.58. The molecule has 1 aliphatic heterocycles. The molecule has 2 aromatic rings. The van der Waals surface area contributed by atoms with Gasteiger partial charge in [0.05, 0.1) is 24.8 Å². The van der Waals surface area contributed by atoms with E-state index in [4.69, 9.17) is 0 Å². The lowest BCUT2D eigenvalue weighted by atomic mass is 10.1. The number of benzene rings is 2. The molecule has 1 aliphatic rings. The summed E-state index contributed by atoms with van der Waals surface area (Å²) in [6, 6.07) is 10.2. The maximum atomic E-state index is 13.5. The summed E-state index contributed by atoms with van der Waals surface area (Å²) in [4.78, 5) is 26.3. The molecule has 1 amide bonds. The van der Waals surface area contributed by atoms with Crippen molar-refractivity contribution >= 4 is 11.9 Å². The van der Waals surface area contributed by atoms with Crippen molar-refractivity contribution < 1.29 is 23.1 Å². The smallest absolute Gasteiger partial charge is 0.337 e. The molecule has 29 heavy (non-hydrogen) atoms. The lowest BCUT2D eigenvalue weighted by molar-refractivity contribution is -0.126. The summed E-state index contributed by atoms with van der Waals surface area (Å²) in [5, 5.41) is 3.01. The number of hydrogen-bond acceptors (Lipinski definition) is 4. The SMILES string of the molecule is COC(=O)c1ccc([C@H](C)NC(=O)[C@H]2CCCN2Cc2ccc(F)c(F)c2)cc1. The molecule has 3 rings (SSSR count). The van der Waals surface area contributed by atoms with Gasteiger partial charge in [-0.25, -0.2) is 13.6 Å². The second kappa shape index (κ2) is 9.13. The Bertz CT molecular complexity index is 886. The molecule has 1 fully saturated rings. The van der Waals surface area contributed by atoms with Crippen LogP contribution in [0.5, 0.6) is 0 Å². The lowest BCUT2D eigenvalue weighted by Gasteiger charge is -2.25. The van der Waals surface area contributed by atoms with Gasteiger partial charge in [-0.15, -0.1) is 0 Å². The number of halogens is 2. The van der Waals surface area contributed by atoms with E-state index in [-0.39, 0.29) is 18.0 Å². The Hall–Kier alpha value is -2.80. The number of ether oxygens (including phenoxy) is 1. The third-order valence-electron chi connectivity index (χ3n) is 5.23. The Morgan fingerprint density at radius 1 is 1.17 bits per heavy atom. The predicted octanol–water partition coefficient (Wildman–Crippen LogP) is 3.59. The number of carbonyl (C=O) groups is 2. The molecule has 1 N–H and O–H groups in total. The highest BCUT2D eigenvalue weighted by atomic mass is 19.2. The molecular weight excluding hydrogens is 378 g/mol. The van der Waals surface area contributed by atoms with E-state index in [2.05, 4.69) is 10.1 Å². The van der Waals surface area contributed by atoms with Gasteiger partial charge in [-0.05, 0) is 61.7 Å². The Kier molecular flexibility index (Phi) is 6.59. The number of nitrogens with zero attached hydrogens (tertiary/aromatic N) is 1. The first kappa shape index (κ1) is 20.9. The zero-order valence-corrected chi connectivity index (χ0v) is 16.5. The average Bonchev–Trinajstić information content (AvgIpc) is 3.18. The highest BCUT2D eigenvalue weighted by Crippen LogP contribution is 2.22. The number of nitrogens with one attached hydrogen (secondary N) is 1. The Balaban J connectivity index is 1.62. The second-order valence-corrected chi connectivity index (χ2v) is 7.22. The Morgan fingerprint density at radius 2 is 1.90 bits per heavy atom. The molecule has 154 valence electrons. The standard InChI is InChI=1S/C22H24F2N2O3/c1-14(16-6-8-17(9-7-16)22(28)29-2)25-21(27)20-4-3-11-26(20)13-15-5-10-18(23)19(24)12-15/h5-10,12,14,20H,3-4,11,13H2,1-2H3,(H,25,27)/t14-,20+/m0/s1. The van der Waals surface area contributed by atoms with Gasteiger partial charge >= 0.3 is 5.97 Å². The van der Waals surface area contributed by atoms with E-state index in [1.807, 2.05) is 11.8 Å². The fourth-order valence-electron chi connectivity index (χ4n) is 3.60. The molecule has 2 atom stereocenters. The van der Waals surface area contributed by atoms with Gasteiger partial charge in [0.25, 0.3) is 0 Å². The van der Waals surface area contributed by atoms with Crippen molar-refractivity contribution in [2.75, 3.05) is 13.7 Å². The van der Waals surface area contributed by atoms with E-state index in [0.29, 0.717) is 24.1 Å². The van der Waals surface area contributed by atoms with Crippen LogP contribution < -0.4 is 5.32 Å². The Morgan fingerprint density at radius 3 is 2.55 bits per heavy atom. The van der Waals surface area contributed by atoms with Gasteiger partial charge in [0.1, 0.15) is 0 Å². The van der Waals surface area contributed by atoms with Crippen molar-refractivity contribution in [3.8, 4) is 0 Å². The van der Waals surface area contributed by atoms with Crippen LogP contribution in [0.1, 0.15) is 47.3 Å². The van der Waals surface area contributed by atoms with E-state index >= 15 is 0 Å². The van der Waals surface area contributed by atoms with Crippen LogP contribution in [0, 0.1) is 11.6 Å². The Labute approximate surface area is 168 Å². The van der Waals surface area contributed by atoms with Crippen molar-refractivity contribution in [1.29, 1.82) is 0 Å². The van der Waals surface area contributed by atoms with Crippen LogP contribution in [-0.2, 0) is 16.1 Å². The summed E-state index contributed by atoms with van der Waals surface area (Å²) in [5.41, 5.74) is 1.95. The van der Waals surface area contributed by atoms with Crippen LogP contribution >= 0.6 is 0 Å². The minimum Gasteiger partial charge on any atom is -0.465 e. The first-order valence-corrected chi connectivity index (χ1v) is 9.55. The molecule has 0 unspecified atom stereocenters. The summed E-state index contributed by atoms with van der Waals surface area (Å²) in [6.45, 7) is 2.98. The molecule has 0 saturated carbocycles. The van der Waals surface area contributed by atoms with Gasteiger partial charge in [-0.3, -0.25) is 9.69 Å². The van der Waals surface area contributed by atoms with Gasteiger partial charge in [0.2, 0.25) is 5.91 Å². The third kappa shape index (κ3) is 4.98. The molecule has 0 aliphatic carbocycles. The first-order valence-electron chi connectivity index (χ1n) is 9.55. The quantitative estimate of drug-likeness (QED) is 0.751. The van der Waals surface area contributed by atoms with Gasteiger partial charge < -0.3 is 10.1 Å². The highest BCUT2D eigenvalue weighted by Gasteiger charge is 2.31. The van der Waals surface area contributed by atoms with Gasteiger partial charge in [0, 0.05) is 6.54 Å².